The summed E-state index contributed by atoms with van der Waals surface area (Å²) < 4.78 is 13.2. The number of halogens is 1. The number of nitrogens with zero attached hydrogens (tertiary/aromatic N) is 1. The Kier molecular flexibility index (Phi) is 2.79. The molecule has 1 aromatic rings. The van der Waals surface area contributed by atoms with Crippen molar-refractivity contribution in [1.82, 2.24) is 5.32 Å². The molecule has 1 N–H and O–H groups in total. The minimum atomic E-state index is -0.135. The van der Waals surface area contributed by atoms with Crippen molar-refractivity contribution in [3.8, 4) is 0 Å². The smallest absolute Gasteiger partial charge is 0.123 e. The molecule has 17 heavy (non-hydrogen) atoms. The monoisotopic (exact) mass is 234 g/mol. The Balaban J connectivity index is 1.91. The van der Waals surface area contributed by atoms with Crippen molar-refractivity contribution in [3.63, 3.8) is 0 Å². The summed E-state index contributed by atoms with van der Waals surface area (Å²) in [5.74, 6) is -0.135. The zero-order chi connectivity index (χ0) is 11.8. The molecule has 3 heteroatoms. The Bertz CT molecular complexity index is 419. The van der Waals surface area contributed by atoms with Crippen molar-refractivity contribution in [2.75, 3.05) is 18.0 Å². The van der Waals surface area contributed by atoms with Crippen LogP contribution in [0.4, 0.5) is 10.1 Å². The van der Waals surface area contributed by atoms with Gasteiger partial charge in [-0.1, -0.05) is 0 Å². The number of benzene rings is 1. The average Bonchev–Trinajstić information content (AvgIpc) is 2.77. The molecule has 0 bridgehead atoms. The van der Waals surface area contributed by atoms with Crippen molar-refractivity contribution in [2.45, 2.75) is 38.3 Å². The highest BCUT2D eigenvalue weighted by molar-refractivity contribution is 5.55. The molecular weight excluding hydrogens is 215 g/mol. The lowest BCUT2D eigenvalue weighted by atomic mass is 10.0. The largest absolute Gasteiger partial charge is 0.365 e. The Hall–Kier alpha value is -1.09. The molecule has 2 atom stereocenters. The fraction of sp³-hybridized carbons (Fsp3) is 0.571. The van der Waals surface area contributed by atoms with Gasteiger partial charge in [0.25, 0.3) is 0 Å². The van der Waals surface area contributed by atoms with Gasteiger partial charge in [-0.25, -0.2) is 4.39 Å². The lowest BCUT2D eigenvalue weighted by Crippen LogP contribution is -2.55. The number of aryl methyl sites for hydroxylation is 1. The number of hydrogen-bond acceptors (Lipinski definition) is 2. The summed E-state index contributed by atoms with van der Waals surface area (Å²) in [5.41, 5.74) is 2.27. The van der Waals surface area contributed by atoms with Gasteiger partial charge in [-0.05, 0) is 49.9 Å². The summed E-state index contributed by atoms with van der Waals surface area (Å²) >= 11 is 0. The van der Waals surface area contributed by atoms with Gasteiger partial charge in [0.05, 0.1) is 0 Å². The molecule has 1 aliphatic carbocycles. The fourth-order valence-corrected chi connectivity index (χ4v) is 3.33. The molecule has 2 fully saturated rings. The normalized spacial score (nSPS) is 28.2. The van der Waals surface area contributed by atoms with Crippen LogP contribution in [0.5, 0.6) is 0 Å². The van der Waals surface area contributed by atoms with E-state index in [9.17, 15) is 4.39 Å². The average molecular weight is 234 g/mol. The van der Waals surface area contributed by atoms with Gasteiger partial charge in [-0.15, -0.1) is 0 Å². The molecule has 1 heterocycles. The quantitative estimate of drug-likeness (QED) is 0.803. The first-order chi connectivity index (χ1) is 8.25. The number of fused-ring (bicyclic) bond motifs is 1. The van der Waals surface area contributed by atoms with E-state index in [-0.39, 0.29) is 5.82 Å². The molecular formula is C14H19FN2. The minimum absolute atomic E-state index is 0.135. The van der Waals surface area contributed by atoms with E-state index in [1.165, 1.54) is 24.9 Å². The predicted octanol–water partition coefficient (Wildman–Crippen LogP) is 2.46. The minimum Gasteiger partial charge on any atom is -0.365 e. The van der Waals surface area contributed by atoms with Crippen molar-refractivity contribution in [3.05, 3.63) is 29.6 Å². The van der Waals surface area contributed by atoms with Crippen LogP contribution in [0, 0.1) is 12.7 Å². The van der Waals surface area contributed by atoms with Gasteiger partial charge in [0.2, 0.25) is 0 Å². The Morgan fingerprint density at radius 3 is 3.06 bits per heavy atom. The molecule has 0 spiro atoms. The number of rotatable bonds is 1. The van der Waals surface area contributed by atoms with E-state index in [1.807, 2.05) is 13.0 Å². The highest BCUT2D eigenvalue weighted by Crippen LogP contribution is 2.32. The van der Waals surface area contributed by atoms with Crippen LogP contribution in [0.25, 0.3) is 0 Å². The van der Waals surface area contributed by atoms with Crippen LogP contribution in [-0.2, 0) is 0 Å². The summed E-state index contributed by atoms with van der Waals surface area (Å²) in [5, 5.41) is 3.60. The van der Waals surface area contributed by atoms with Crippen LogP contribution in [0.15, 0.2) is 18.2 Å². The first-order valence-electron chi connectivity index (χ1n) is 6.52. The summed E-state index contributed by atoms with van der Waals surface area (Å²) in [6.07, 6.45) is 3.84. The third kappa shape index (κ3) is 1.93. The van der Waals surface area contributed by atoms with Gasteiger partial charge in [-0.2, -0.15) is 0 Å². The van der Waals surface area contributed by atoms with Crippen LogP contribution in [0.1, 0.15) is 24.8 Å². The van der Waals surface area contributed by atoms with E-state index in [0.29, 0.717) is 12.1 Å². The summed E-state index contributed by atoms with van der Waals surface area (Å²) in [7, 11) is 0. The number of nitrogens with one attached hydrogen (secondary N) is 1. The Morgan fingerprint density at radius 2 is 2.24 bits per heavy atom. The summed E-state index contributed by atoms with van der Waals surface area (Å²) in [6.45, 7) is 4.08. The van der Waals surface area contributed by atoms with Crippen molar-refractivity contribution >= 4 is 5.69 Å². The third-order valence-electron chi connectivity index (χ3n) is 4.11. The van der Waals surface area contributed by atoms with Crippen molar-refractivity contribution in [2.24, 2.45) is 0 Å². The van der Waals surface area contributed by atoms with E-state index in [0.717, 1.165) is 18.7 Å². The topological polar surface area (TPSA) is 15.3 Å². The molecule has 2 unspecified atom stereocenters. The lowest BCUT2D eigenvalue weighted by Gasteiger charge is -2.40. The Morgan fingerprint density at radius 1 is 1.35 bits per heavy atom. The second kappa shape index (κ2) is 4.30. The number of hydrogen-bond donors (Lipinski definition) is 1. The van der Waals surface area contributed by atoms with Gasteiger partial charge >= 0.3 is 0 Å². The lowest BCUT2D eigenvalue weighted by molar-refractivity contribution is 0.403. The predicted molar refractivity (Wildman–Crippen MR) is 67.9 cm³/mol. The second-order valence-corrected chi connectivity index (χ2v) is 5.18. The first kappa shape index (κ1) is 11.0. The molecule has 1 saturated heterocycles. The van der Waals surface area contributed by atoms with Crippen LogP contribution >= 0.6 is 0 Å². The van der Waals surface area contributed by atoms with Crippen LogP contribution in [-0.4, -0.2) is 25.2 Å². The van der Waals surface area contributed by atoms with Crippen LogP contribution in [0.3, 0.4) is 0 Å². The summed E-state index contributed by atoms with van der Waals surface area (Å²) in [4.78, 5) is 2.48. The number of piperazine rings is 1. The second-order valence-electron chi connectivity index (χ2n) is 5.18. The maximum atomic E-state index is 13.2. The number of anilines is 1. The summed E-state index contributed by atoms with van der Waals surface area (Å²) in [6, 6.07) is 6.39. The molecule has 92 valence electrons. The van der Waals surface area contributed by atoms with Crippen LogP contribution in [0.2, 0.25) is 0 Å². The van der Waals surface area contributed by atoms with E-state index in [1.54, 1.807) is 12.1 Å². The molecule has 1 saturated carbocycles. The zero-order valence-corrected chi connectivity index (χ0v) is 10.2. The molecule has 0 amide bonds. The molecule has 3 rings (SSSR count). The van der Waals surface area contributed by atoms with Gasteiger partial charge in [0.1, 0.15) is 5.82 Å². The van der Waals surface area contributed by atoms with Gasteiger partial charge in [0.15, 0.2) is 0 Å². The molecule has 0 aromatic heterocycles. The SMILES string of the molecule is Cc1cc(F)ccc1N1CCNC2CCCC21. The fourth-order valence-electron chi connectivity index (χ4n) is 3.33. The third-order valence-corrected chi connectivity index (χ3v) is 4.11. The van der Waals surface area contributed by atoms with E-state index in [4.69, 9.17) is 0 Å². The molecule has 2 aliphatic rings. The maximum Gasteiger partial charge on any atom is 0.123 e. The van der Waals surface area contributed by atoms with Crippen molar-refractivity contribution < 1.29 is 4.39 Å². The molecule has 2 nitrogen and oxygen atoms in total. The maximum absolute atomic E-state index is 13.2. The van der Waals surface area contributed by atoms with E-state index >= 15 is 0 Å². The van der Waals surface area contributed by atoms with Gasteiger partial charge in [-0.3, -0.25) is 0 Å². The van der Waals surface area contributed by atoms with E-state index < -0.39 is 0 Å². The standard InChI is InChI=1S/C14H19FN2/c1-10-9-11(15)5-6-13(10)17-8-7-16-12-3-2-4-14(12)17/h5-6,9,12,14,16H,2-4,7-8H2,1H3. The van der Waals surface area contributed by atoms with Gasteiger partial charge in [0, 0.05) is 30.9 Å². The Labute approximate surface area is 102 Å². The zero-order valence-electron chi connectivity index (χ0n) is 10.2. The van der Waals surface area contributed by atoms with Crippen molar-refractivity contribution in [1.29, 1.82) is 0 Å². The molecule has 1 aliphatic heterocycles. The van der Waals surface area contributed by atoms with Gasteiger partial charge < -0.3 is 10.2 Å². The van der Waals surface area contributed by atoms with E-state index in [2.05, 4.69) is 10.2 Å². The first-order valence-corrected chi connectivity index (χ1v) is 6.52. The van der Waals surface area contributed by atoms with Crippen LogP contribution < -0.4 is 10.2 Å². The molecule has 1 aromatic carbocycles. The highest BCUT2D eigenvalue weighted by Gasteiger charge is 2.35. The molecule has 0 radical (unpaired) electrons. The highest BCUT2D eigenvalue weighted by atomic mass is 19.1.